The summed E-state index contributed by atoms with van der Waals surface area (Å²) in [5, 5.41) is 6.97. The predicted octanol–water partition coefficient (Wildman–Crippen LogP) is 2.70. The Bertz CT molecular complexity index is 347. The molecular weight excluding hydrogens is 292 g/mol. The maximum atomic E-state index is 4.36. The lowest BCUT2D eigenvalue weighted by Crippen LogP contribution is -2.46. The van der Waals surface area contributed by atoms with Crippen molar-refractivity contribution in [1.82, 2.24) is 15.5 Å². The van der Waals surface area contributed by atoms with Gasteiger partial charge in [-0.05, 0) is 45.4 Å². The molecule has 1 heterocycles. The first-order valence-corrected chi connectivity index (χ1v) is 9.90. The Hall–Kier alpha value is -0.420. The second-order valence-electron chi connectivity index (χ2n) is 7.03. The van der Waals surface area contributed by atoms with Gasteiger partial charge in [0.1, 0.15) is 0 Å². The van der Waals surface area contributed by atoms with E-state index in [4.69, 9.17) is 0 Å². The Kier molecular flexibility index (Phi) is 7.35. The minimum Gasteiger partial charge on any atom is -0.355 e. The number of nitrogens with one attached hydrogen (secondary N) is 2. The van der Waals surface area contributed by atoms with Gasteiger partial charge in [-0.15, -0.1) is 0 Å². The second kappa shape index (κ2) is 9.02. The molecule has 1 aliphatic heterocycles. The van der Waals surface area contributed by atoms with E-state index >= 15 is 0 Å². The number of guanidine groups is 1. The standard InChI is InChI=1S/C17H34N4S/c1-17(10-7-13-22-17)14-20-16(18-2)19-11-12-21(3)15-8-5-4-6-9-15/h15H,4-14H2,1-3H3,(H2,18,19,20). The SMILES string of the molecule is CN=C(NCCN(C)C1CCCCC1)NCC1(C)CCCS1. The summed E-state index contributed by atoms with van der Waals surface area (Å²) in [4.78, 5) is 6.88. The predicted molar refractivity (Wildman–Crippen MR) is 99.0 cm³/mol. The van der Waals surface area contributed by atoms with Crippen molar-refractivity contribution in [2.45, 2.75) is 62.7 Å². The molecule has 1 saturated heterocycles. The topological polar surface area (TPSA) is 39.7 Å². The molecule has 0 radical (unpaired) electrons. The number of likely N-dealkylation sites (N-methyl/N-ethyl adjacent to an activating group) is 1. The number of hydrogen-bond acceptors (Lipinski definition) is 3. The average Bonchev–Trinajstić information content (AvgIpc) is 2.98. The first kappa shape index (κ1) is 17.9. The van der Waals surface area contributed by atoms with Gasteiger partial charge in [0.2, 0.25) is 0 Å². The van der Waals surface area contributed by atoms with E-state index < -0.39 is 0 Å². The van der Waals surface area contributed by atoms with Crippen molar-refractivity contribution in [2.24, 2.45) is 4.99 Å². The van der Waals surface area contributed by atoms with E-state index in [9.17, 15) is 0 Å². The molecule has 1 aliphatic carbocycles. The van der Waals surface area contributed by atoms with Crippen LogP contribution in [0, 0.1) is 0 Å². The summed E-state index contributed by atoms with van der Waals surface area (Å²) in [6, 6.07) is 0.791. The van der Waals surface area contributed by atoms with E-state index in [2.05, 4.69) is 46.3 Å². The molecule has 0 aromatic rings. The number of rotatable bonds is 6. The Morgan fingerprint density at radius 1 is 1.23 bits per heavy atom. The molecule has 0 aromatic heterocycles. The summed E-state index contributed by atoms with van der Waals surface area (Å²) in [5.74, 6) is 2.25. The first-order valence-electron chi connectivity index (χ1n) is 8.92. The Morgan fingerprint density at radius 2 is 2.00 bits per heavy atom. The van der Waals surface area contributed by atoms with Gasteiger partial charge in [-0.1, -0.05) is 19.3 Å². The van der Waals surface area contributed by atoms with E-state index in [1.807, 2.05) is 7.05 Å². The molecule has 1 atom stereocenters. The minimum atomic E-state index is 0.385. The smallest absolute Gasteiger partial charge is 0.191 e. The zero-order chi connectivity index (χ0) is 15.8. The zero-order valence-electron chi connectivity index (χ0n) is 14.7. The van der Waals surface area contributed by atoms with E-state index in [1.165, 1.54) is 50.7 Å². The minimum absolute atomic E-state index is 0.385. The highest BCUT2D eigenvalue weighted by Crippen LogP contribution is 2.36. The lowest BCUT2D eigenvalue weighted by atomic mass is 9.94. The summed E-state index contributed by atoms with van der Waals surface area (Å²) in [5.41, 5.74) is 0. The number of hydrogen-bond donors (Lipinski definition) is 2. The summed E-state index contributed by atoms with van der Waals surface area (Å²) >= 11 is 2.09. The van der Waals surface area contributed by atoms with Crippen LogP contribution >= 0.6 is 11.8 Å². The van der Waals surface area contributed by atoms with E-state index in [0.29, 0.717) is 4.75 Å². The van der Waals surface area contributed by atoms with Crippen LogP contribution < -0.4 is 10.6 Å². The molecule has 1 unspecified atom stereocenters. The molecule has 22 heavy (non-hydrogen) atoms. The highest BCUT2D eigenvalue weighted by molar-refractivity contribution is 8.00. The van der Waals surface area contributed by atoms with Crippen LogP contribution in [0.15, 0.2) is 4.99 Å². The van der Waals surface area contributed by atoms with Gasteiger partial charge in [0.25, 0.3) is 0 Å². The summed E-state index contributed by atoms with van der Waals surface area (Å²) in [6.45, 7) is 5.44. The Labute approximate surface area is 140 Å². The van der Waals surface area contributed by atoms with E-state index in [0.717, 1.165) is 31.6 Å². The van der Waals surface area contributed by atoms with E-state index in [-0.39, 0.29) is 0 Å². The second-order valence-corrected chi connectivity index (χ2v) is 8.71. The van der Waals surface area contributed by atoms with Crippen LogP contribution in [0.25, 0.3) is 0 Å². The van der Waals surface area contributed by atoms with Gasteiger partial charge in [-0.25, -0.2) is 0 Å². The van der Waals surface area contributed by atoms with E-state index in [1.54, 1.807) is 0 Å². The third-order valence-corrected chi connectivity index (χ3v) is 6.65. The molecule has 0 amide bonds. The fraction of sp³-hybridized carbons (Fsp3) is 0.941. The molecule has 2 aliphatic rings. The van der Waals surface area contributed by atoms with Crippen LogP contribution in [-0.2, 0) is 0 Å². The fourth-order valence-corrected chi connectivity index (χ4v) is 4.77. The molecular formula is C17H34N4S. The van der Waals surface area contributed by atoms with Crippen molar-refractivity contribution >= 4 is 17.7 Å². The van der Waals surface area contributed by atoms with Crippen molar-refractivity contribution in [3.63, 3.8) is 0 Å². The monoisotopic (exact) mass is 326 g/mol. The normalized spacial score (nSPS) is 27.4. The maximum Gasteiger partial charge on any atom is 0.191 e. The molecule has 4 nitrogen and oxygen atoms in total. The highest BCUT2D eigenvalue weighted by Gasteiger charge is 2.29. The number of thioether (sulfide) groups is 1. The third-order valence-electron chi connectivity index (χ3n) is 5.11. The average molecular weight is 327 g/mol. The molecule has 0 bridgehead atoms. The van der Waals surface area contributed by atoms with Crippen molar-refractivity contribution in [3.05, 3.63) is 0 Å². The largest absolute Gasteiger partial charge is 0.355 e. The molecule has 128 valence electrons. The quantitative estimate of drug-likeness (QED) is 0.581. The van der Waals surface area contributed by atoms with Crippen molar-refractivity contribution in [3.8, 4) is 0 Å². The van der Waals surface area contributed by atoms with Gasteiger partial charge >= 0.3 is 0 Å². The third kappa shape index (κ3) is 5.65. The summed E-state index contributed by atoms with van der Waals surface area (Å²) in [7, 11) is 4.13. The van der Waals surface area contributed by atoms with Crippen LogP contribution in [0.2, 0.25) is 0 Å². The van der Waals surface area contributed by atoms with Gasteiger partial charge < -0.3 is 15.5 Å². The Morgan fingerprint density at radius 3 is 2.64 bits per heavy atom. The molecule has 2 N–H and O–H groups in total. The number of aliphatic imine (C=N–C) groups is 1. The summed E-state index contributed by atoms with van der Waals surface area (Å²) < 4.78 is 0.385. The van der Waals surface area contributed by atoms with Gasteiger partial charge in [0.15, 0.2) is 5.96 Å². The summed E-state index contributed by atoms with van der Waals surface area (Å²) in [6.07, 6.45) is 9.64. The molecule has 0 aromatic carbocycles. The van der Waals surface area contributed by atoms with Gasteiger partial charge in [0.05, 0.1) is 0 Å². The molecule has 2 fully saturated rings. The van der Waals surface area contributed by atoms with Crippen molar-refractivity contribution < 1.29 is 0 Å². The van der Waals surface area contributed by atoms with Crippen LogP contribution in [0.5, 0.6) is 0 Å². The van der Waals surface area contributed by atoms with Gasteiger partial charge in [0, 0.05) is 37.5 Å². The van der Waals surface area contributed by atoms with Crippen molar-refractivity contribution in [2.75, 3.05) is 39.5 Å². The van der Waals surface area contributed by atoms with Crippen LogP contribution in [0.4, 0.5) is 0 Å². The fourth-order valence-electron chi connectivity index (χ4n) is 3.52. The zero-order valence-corrected chi connectivity index (χ0v) is 15.5. The van der Waals surface area contributed by atoms with Crippen LogP contribution in [-0.4, -0.2) is 61.1 Å². The lowest BCUT2D eigenvalue weighted by molar-refractivity contribution is 0.194. The lowest BCUT2D eigenvalue weighted by Gasteiger charge is -2.31. The van der Waals surface area contributed by atoms with Gasteiger partial charge in [-0.2, -0.15) is 11.8 Å². The van der Waals surface area contributed by atoms with Crippen molar-refractivity contribution in [1.29, 1.82) is 0 Å². The molecule has 0 spiro atoms. The maximum absolute atomic E-state index is 4.36. The molecule has 5 heteroatoms. The molecule has 1 saturated carbocycles. The first-order chi connectivity index (χ1) is 10.6. The van der Waals surface area contributed by atoms with Crippen LogP contribution in [0.3, 0.4) is 0 Å². The highest BCUT2D eigenvalue weighted by atomic mass is 32.2. The Balaban J connectivity index is 1.63. The van der Waals surface area contributed by atoms with Gasteiger partial charge in [-0.3, -0.25) is 4.99 Å². The molecule has 2 rings (SSSR count). The van der Waals surface area contributed by atoms with Crippen LogP contribution in [0.1, 0.15) is 51.9 Å². The number of nitrogens with zero attached hydrogens (tertiary/aromatic N) is 2.